The van der Waals surface area contributed by atoms with Gasteiger partial charge in [0.25, 0.3) is 0 Å². The van der Waals surface area contributed by atoms with E-state index in [0.29, 0.717) is 16.3 Å². The van der Waals surface area contributed by atoms with Gasteiger partial charge in [-0.15, -0.1) is 11.6 Å². The zero-order valence-electron chi connectivity index (χ0n) is 8.01. The van der Waals surface area contributed by atoms with Crippen molar-refractivity contribution in [3.8, 4) is 0 Å². The molecule has 15 heavy (non-hydrogen) atoms. The average Bonchev–Trinajstić information content (AvgIpc) is 2.19. The number of benzene rings is 1. The van der Waals surface area contributed by atoms with Crippen molar-refractivity contribution >= 4 is 40.6 Å². The van der Waals surface area contributed by atoms with Gasteiger partial charge in [-0.25, -0.2) is 0 Å². The Bertz CT molecular complexity index is 404. The topological polar surface area (TPSA) is 46.2 Å². The zero-order valence-corrected chi connectivity index (χ0v) is 9.52. The van der Waals surface area contributed by atoms with Gasteiger partial charge < -0.3 is 5.32 Å². The fourth-order valence-corrected chi connectivity index (χ4v) is 1.44. The van der Waals surface area contributed by atoms with E-state index in [2.05, 4.69) is 5.32 Å². The first-order valence-corrected chi connectivity index (χ1v) is 5.12. The number of ketones is 1. The maximum Gasteiger partial charge on any atom is 0.221 e. The Morgan fingerprint density at radius 1 is 1.40 bits per heavy atom. The average molecular weight is 246 g/mol. The third-order valence-electron chi connectivity index (χ3n) is 1.72. The summed E-state index contributed by atoms with van der Waals surface area (Å²) >= 11 is 11.3. The van der Waals surface area contributed by atoms with Crippen LogP contribution in [0.3, 0.4) is 0 Å². The lowest BCUT2D eigenvalue weighted by atomic mass is 10.1. The molecule has 0 bridgehead atoms. The van der Waals surface area contributed by atoms with Gasteiger partial charge in [0.05, 0.1) is 16.6 Å². The Balaban J connectivity index is 2.97. The molecule has 3 nitrogen and oxygen atoms in total. The Labute approximate surface area is 97.4 Å². The molecule has 0 aliphatic rings. The van der Waals surface area contributed by atoms with Gasteiger partial charge in [-0.2, -0.15) is 0 Å². The molecule has 1 N–H and O–H groups in total. The summed E-state index contributed by atoms with van der Waals surface area (Å²) in [7, 11) is 0. The number of carbonyl (C=O) groups excluding carboxylic acids is 2. The van der Waals surface area contributed by atoms with E-state index < -0.39 is 0 Å². The number of anilines is 1. The van der Waals surface area contributed by atoms with Crippen molar-refractivity contribution in [3.63, 3.8) is 0 Å². The molecule has 1 aromatic carbocycles. The maximum absolute atomic E-state index is 11.2. The number of nitrogens with one attached hydrogen (secondary N) is 1. The molecule has 0 unspecified atom stereocenters. The smallest absolute Gasteiger partial charge is 0.221 e. The molecule has 1 aromatic rings. The standard InChI is InChI=1S/C10H9Cl2NO2/c1-6(14)13-9-3-2-7(4-8(9)12)10(15)5-11/h2-4H,5H2,1H3,(H,13,14). The van der Waals surface area contributed by atoms with Crippen molar-refractivity contribution < 1.29 is 9.59 Å². The number of rotatable bonds is 3. The van der Waals surface area contributed by atoms with E-state index in [1.54, 1.807) is 12.1 Å². The molecule has 0 saturated carbocycles. The Kier molecular flexibility index (Phi) is 4.12. The molecule has 0 aromatic heterocycles. The van der Waals surface area contributed by atoms with E-state index in [-0.39, 0.29) is 17.6 Å². The van der Waals surface area contributed by atoms with Gasteiger partial charge in [0.15, 0.2) is 5.78 Å². The van der Waals surface area contributed by atoms with Crippen LogP contribution in [-0.2, 0) is 4.79 Å². The molecule has 0 saturated heterocycles. The van der Waals surface area contributed by atoms with Crippen LogP contribution in [0.2, 0.25) is 5.02 Å². The van der Waals surface area contributed by atoms with Crippen molar-refractivity contribution in [2.45, 2.75) is 6.92 Å². The van der Waals surface area contributed by atoms with Gasteiger partial charge in [0, 0.05) is 12.5 Å². The number of amides is 1. The number of carbonyl (C=O) groups is 2. The van der Waals surface area contributed by atoms with Crippen LogP contribution in [0.4, 0.5) is 5.69 Å². The molecule has 0 heterocycles. The molecular weight excluding hydrogens is 237 g/mol. The summed E-state index contributed by atoms with van der Waals surface area (Å²) in [6, 6.07) is 4.63. The van der Waals surface area contributed by atoms with E-state index in [9.17, 15) is 9.59 Å². The second-order valence-corrected chi connectivity index (χ2v) is 3.61. The van der Waals surface area contributed by atoms with Gasteiger partial charge in [-0.3, -0.25) is 9.59 Å². The monoisotopic (exact) mass is 245 g/mol. The van der Waals surface area contributed by atoms with Crippen LogP contribution in [0.5, 0.6) is 0 Å². The second kappa shape index (κ2) is 5.14. The zero-order chi connectivity index (χ0) is 11.4. The highest BCUT2D eigenvalue weighted by atomic mass is 35.5. The maximum atomic E-state index is 11.2. The number of Topliss-reactive ketones (excluding diaryl/α,β-unsaturated/α-hetero) is 1. The highest BCUT2D eigenvalue weighted by Gasteiger charge is 2.08. The summed E-state index contributed by atoms with van der Waals surface area (Å²) in [4.78, 5) is 22.0. The molecule has 0 radical (unpaired) electrons. The SMILES string of the molecule is CC(=O)Nc1ccc(C(=O)CCl)cc1Cl. The number of hydrogen-bond donors (Lipinski definition) is 1. The molecule has 1 rings (SSSR count). The van der Waals surface area contributed by atoms with E-state index >= 15 is 0 Å². The summed E-state index contributed by atoms with van der Waals surface area (Å²) in [5, 5.41) is 2.86. The molecule has 0 aliphatic carbocycles. The van der Waals surface area contributed by atoms with Gasteiger partial charge >= 0.3 is 0 Å². The molecule has 80 valence electrons. The minimum absolute atomic E-state index is 0.0875. The molecule has 5 heteroatoms. The quantitative estimate of drug-likeness (QED) is 0.658. The second-order valence-electron chi connectivity index (χ2n) is 2.93. The molecule has 1 amide bonds. The third kappa shape index (κ3) is 3.22. The predicted octanol–water partition coefficient (Wildman–Crippen LogP) is 2.72. The lowest BCUT2D eigenvalue weighted by Gasteiger charge is -2.05. The van der Waals surface area contributed by atoms with Crippen molar-refractivity contribution in [1.82, 2.24) is 0 Å². The summed E-state index contributed by atoms with van der Waals surface area (Å²) in [5.74, 6) is -0.503. The highest BCUT2D eigenvalue weighted by molar-refractivity contribution is 6.35. The van der Waals surface area contributed by atoms with Crippen molar-refractivity contribution in [3.05, 3.63) is 28.8 Å². The lowest BCUT2D eigenvalue weighted by Crippen LogP contribution is -2.07. The molecule has 0 spiro atoms. The summed E-state index contributed by atoms with van der Waals surface area (Å²) in [6.45, 7) is 1.38. The fraction of sp³-hybridized carbons (Fsp3) is 0.200. The van der Waals surface area contributed by atoms with Crippen LogP contribution in [0.15, 0.2) is 18.2 Å². The summed E-state index contributed by atoms with van der Waals surface area (Å²) in [5.41, 5.74) is 0.916. The van der Waals surface area contributed by atoms with Crippen LogP contribution >= 0.6 is 23.2 Å². The van der Waals surface area contributed by atoms with E-state index in [1.165, 1.54) is 13.0 Å². The van der Waals surface area contributed by atoms with E-state index in [1.807, 2.05) is 0 Å². The van der Waals surface area contributed by atoms with Crippen molar-refractivity contribution in [1.29, 1.82) is 0 Å². The third-order valence-corrected chi connectivity index (χ3v) is 2.28. The van der Waals surface area contributed by atoms with Gasteiger partial charge in [-0.1, -0.05) is 11.6 Å². The van der Waals surface area contributed by atoms with Crippen LogP contribution in [0.1, 0.15) is 17.3 Å². The number of alkyl halides is 1. The van der Waals surface area contributed by atoms with Crippen molar-refractivity contribution in [2.24, 2.45) is 0 Å². The minimum Gasteiger partial charge on any atom is -0.325 e. The predicted molar refractivity (Wildman–Crippen MR) is 60.8 cm³/mol. The van der Waals surface area contributed by atoms with E-state index in [0.717, 1.165) is 0 Å². The highest BCUT2D eigenvalue weighted by Crippen LogP contribution is 2.23. The first-order valence-electron chi connectivity index (χ1n) is 4.21. The van der Waals surface area contributed by atoms with Crippen LogP contribution in [0, 0.1) is 0 Å². The number of hydrogen-bond acceptors (Lipinski definition) is 2. The number of halogens is 2. The largest absolute Gasteiger partial charge is 0.325 e. The van der Waals surface area contributed by atoms with Crippen molar-refractivity contribution in [2.75, 3.05) is 11.2 Å². The fourth-order valence-electron chi connectivity index (χ4n) is 1.06. The van der Waals surface area contributed by atoms with Gasteiger partial charge in [-0.05, 0) is 18.2 Å². The lowest BCUT2D eigenvalue weighted by molar-refractivity contribution is -0.114. The first-order chi connectivity index (χ1) is 7.04. The van der Waals surface area contributed by atoms with Crippen LogP contribution < -0.4 is 5.32 Å². The first kappa shape index (κ1) is 12.0. The van der Waals surface area contributed by atoms with E-state index in [4.69, 9.17) is 23.2 Å². The van der Waals surface area contributed by atoms with Crippen LogP contribution in [-0.4, -0.2) is 17.6 Å². The Morgan fingerprint density at radius 2 is 2.07 bits per heavy atom. The molecule has 0 aliphatic heterocycles. The summed E-state index contributed by atoms with van der Waals surface area (Å²) < 4.78 is 0. The molecule has 0 atom stereocenters. The van der Waals surface area contributed by atoms with Gasteiger partial charge in [0.1, 0.15) is 0 Å². The summed E-state index contributed by atoms with van der Waals surface area (Å²) in [6.07, 6.45) is 0. The Morgan fingerprint density at radius 3 is 2.53 bits per heavy atom. The normalized spacial score (nSPS) is 9.80. The Hall–Kier alpha value is -1.06. The molecular formula is C10H9Cl2NO2. The van der Waals surface area contributed by atoms with Gasteiger partial charge in [0.2, 0.25) is 5.91 Å². The molecule has 0 fully saturated rings. The minimum atomic E-state index is -0.215. The van der Waals surface area contributed by atoms with Crippen LogP contribution in [0.25, 0.3) is 0 Å².